The topological polar surface area (TPSA) is 69.2 Å². The number of amides is 1. The van der Waals surface area contributed by atoms with Gasteiger partial charge in [0.15, 0.2) is 11.5 Å². The van der Waals surface area contributed by atoms with E-state index in [1.807, 2.05) is 42.5 Å². The minimum Gasteiger partial charge on any atom is -0.493 e. The highest BCUT2D eigenvalue weighted by atomic mass is 79.9. The minimum absolute atomic E-state index is 0.366. The largest absolute Gasteiger partial charge is 0.493 e. The van der Waals surface area contributed by atoms with Crippen molar-refractivity contribution < 1.29 is 19.0 Å². The third-order valence-corrected chi connectivity index (χ3v) is 4.79. The van der Waals surface area contributed by atoms with Crippen LogP contribution in [0.3, 0.4) is 0 Å². The molecule has 0 fully saturated rings. The van der Waals surface area contributed by atoms with Gasteiger partial charge in [-0.2, -0.15) is 5.10 Å². The number of ether oxygens (including phenoxy) is 3. The summed E-state index contributed by atoms with van der Waals surface area (Å²) in [4.78, 5) is 12.6. The fraction of sp³-hybridized carbons (Fsp3) is 0.130. The molecular formula is C23H21BrN2O4. The van der Waals surface area contributed by atoms with Crippen molar-refractivity contribution >= 4 is 28.1 Å². The molecule has 0 aromatic heterocycles. The number of hydrogen-bond acceptors (Lipinski definition) is 5. The number of nitrogens with zero attached hydrogens (tertiary/aromatic N) is 1. The number of hydrazone groups is 1. The summed E-state index contributed by atoms with van der Waals surface area (Å²) in [6.45, 7) is 0.369. The molecule has 0 aliphatic rings. The lowest BCUT2D eigenvalue weighted by Gasteiger charge is -2.11. The van der Waals surface area contributed by atoms with Crippen LogP contribution in [0.4, 0.5) is 0 Å². The van der Waals surface area contributed by atoms with Crippen LogP contribution in [-0.2, 0) is 6.61 Å². The van der Waals surface area contributed by atoms with Gasteiger partial charge in [-0.3, -0.25) is 4.79 Å². The number of hydrogen-bond donors (Lipinski definition) is 1. The summed E-state index contributed by atoms with van der Waals surface area (Å²) in [6.07, 6.45) is 1.53. The zero-order valence-electron chi connectivity index (χ0n) is 16.6. The van der Waals surface area contributed by atoms with Gasteiger partial charge in [0.25, 0.3) is 5.91 Å². The molecule has 7 heteroatoms. The molecule has 0 atom stereocenters. The van der Waals surface area contributed by atoms with E-state index in [0.29, 0.717) is 29.4 Å². The zero-order chi connectivity index (χ0) is 21.3. The Morgan fingerprint density at radius 3 is 2.47 bits per heavy atom. The number of carbonyl (C=O) groups excluding carboxylic acids is 1. The fourth-order valence-corrected chi connectivity index (χ4v) is 3.38. The molecule has 0 saturated carbocycles. The Kier molecular flexibility index (Phi) is 7.45. The van der Waals surface area contributed by atoms with Crippen molar-refractivity contribution in [2.45, 2.75) is 6.61 Å². The van der Waals surface area contributed by atoms with Crippen LogP contribution in [-0.4, -0.2) is 26.3 Å². The van der Waals surface area contributed by atoms with Crippen LogP contribution in [0.2, 0.25) is 0 Å². The Balaban J connectivity index is 1.69. The van der Waals surface area contributed by atoms with Crippen LogP contribution >= 0.6 is 15.9 Å². The van der Waals surface area contributed by atoms with E-state index in [1.165, 1.54) is 6.21 Å². The number of rotatable bonds is 8. The molecule has 154 valence electrons. The molecule has 0 saturated heterocycles. The average Bonchev–Trinajstić information content (AvgIpc) is 2.78. The van der Waals surface area contributed by atoms with Crippen molar-refractivity contribution in [3.05, 3.63) is 87.9 Å². The van der Waals surface area contributed by atoms with E-state index in [0.717, 1.165) is 15.6 Å². The third-order valence-electron chi connectivity index (χ3n) is 4.20. The van der Waals surface area contributed by atoms with Crippen molar-refractivity contribution in [1.29, 1.82) is 0 Å². The Hall–Kier alpha value is -3.32. The molecule has 0 radical (unpaired) electrons. The molecule has 3 aromatic carbocycles. The van der Waals surface area contributed by atoms with Gasteiger partial charge in [0.05, 0.1) is 30.5 Å². The van der Waals surface area contributed by atoms with Gasteiger partial charge >= 0.3 is 0 Å². The predicted molar refractivity (Wildman–Crippen MR) is 120 cm³/mol. The number of nitrogens with one attached hydrogen (secondary N) is 1. The van der Waals surface area contributed by atoms with Gasteiger partial charge < -0.3 is 14.2 Å². The average molecular weight is 469 g/mol. The highest BCUT2D eigenvalue weighted by molar-refractivity contribution is 9.10. The standard InChI is InChI=1S/C23H21BrN2O4/c1-28-21-13-17(12-19(24)22(21)29-2)14-25-26-23(27)18-10-6-7-11-20(18)30-15-16-8-4-3-5-9-16/h3-14H,15H2,1-2H3,(H,26,27)/b25-14+. The first-order valence-corrected chi connectivity index (χ1v) is 9.92. The molecule has 0 unspecified atom stereocenters. The lowest BCUT2D eigenvalue weighted by atomic mass is 10.2. The summed E-state index contributed by atoms with van der Waals surface area (Å²) in [6, 6.07) is 20.4. The highest BCUT2D eigenvalue weighted by Crippen LogP contribution is 2.35. The van der Waals surface area contributed by atoms with Crippen molar-refractivity contribution in [2.75, 3.05) is 14.2 Å². The number of halogens is 1. The molecule has 0 bridgehead atoms. The molecule has 1 N–H and O–H groups in total. The molecule has 0 heterocycles. The smallest absolute Gasteiger partial charge is 0.275 e. The van der Waals surface area contributed by atoms with Crippen molar-refractivity contribution in [3.63, 3.8) is 0 Å². The maximum atomic E-state index is 12.6. The summed E-state index contributed by atoms with van der Waals surface area (Å²) >= 11 is 3.43. The van der Waals surface area contributed by atoms with Crippen LogP contribution in [0, 0.1) is 0 Å². The summed E-state index contributed by atoms with van der Waals surface area (Å²) in [5, 5.41) is 4.05. The number of para-hydroxylation sites is 1. The molecule has 6 nitrogen and oxygen atoms in total. The van der Waals surface area contributed by atoms with Crippen LogP contribution in [0.15, 0.2) is 76.3 Å². The number of carbonyl (C=O) groups is 1. The first-order valence-electron chi connectivity index (χ1n) is 9.13. The van der Waals surface area contributed by atoms with Gasteiger partial charge in [0, 0.05) is 0 Å². The second-order valence-electron chi connectivity index (χ2n) is 6.21. The van der Waals surface area contributed by atoms with Crippen LogP contribution < -0.4 is 19.6 Å². The summed E-state index contributed by atoms with van der Waals surface area (Å²) in [5.41, 5.74) is 4.68. The molecule has 0 spiro atoms. The highest BCUT2D eigenvalue weighted by Gasteiger charge is 2.12. The Morgan fingerprint density at radius 1 is 1.00 bits per heavy atom. The van der Waals surface area contributed by atoms with Crippen LogP contribution in [0.25, 0.3) is 0 Å². The van der Waals surface area contributed by atoms with E-state index in [1.54, 1.807) is 38.5 Å². The quantitative estimate of drug-likeness (QED) is 0.380. The Morgan fingerprint density at radius 2 is 1.73 bits per heavy atom. The van der Waals surface area contributed by atoms with E-state index >= 15 is 0 Å². The molecule has 3 rings (SSSR count). The lowest BCUT2D eigenvalue weighted by Crippen LogP contribution is -2.18. The maximum Gasteiger partial charge on any atom is 0.275 e. The van der Waals surface area contributed by atoms with E-state index in [9.17, 15) is 4.79 Å². The summed E-state index contributed by atoms with van der Waals surface area (Å²) in [5.74, 6) is 1.26. The normalized spacial score (nSPS) is 10.6. The van der Waals surface area contributed by atoms with E-state index in [4.69, 9.17) is 14.2 Å². The van der Waals surface area contributed by atoms with E-state index in [2.05, 4.69) is 26.5 Å². The second kappa shape index (κ2) is 10.5. The van der Waals surface area contributed by atoms with Gasteiger partial charge in [-0.25, -0.2) is 5.43 Å². The number of methoxy groups -OCH3 is 2. The predicted octanol–water partition coefficient (Wildman–Crippen LogP) is 4.81. The summed E-state index contributed by atoms with van der Waals surface area (Å²) in [7, 11) is 3.12. The number of benzene rings is 3. The van der Waals surface area contributed by atoms with Crippen molar-refractivity contribution in [1.82, 2.24) is 5.43 Å². The van der Waals surface area contributed by atoms with Crippen LogP contribution in [0.5, 0.6) is 17.2 Å². The van der Waals surface area contributed by atoms with Gasteiger partial charge in [0.1, 0.15) is 12.4 Å². The first-order chi connectivity index (χ1) is 14.6. The van der Waals surface area contributed by atoms with Crippen molar-refractivity contribution in [3.8, 4) is 17.2 Å². The molecule has 0 aliphatic carbocycles. The van der Waals surface area contributed by atoms with E-state index < -0.39 is 0 Å². The molecular weight excluding hydrogens is 448 g/mol. The molecule has 0 aliphatic heterocycles. The Bertz CT molecular complexity index is 1040. The fourth-order valence-electron chi connectivity index (χ4n) is 2.75. The van der Waals surface area contributed by atoms with Gasteiger partial charge in [-0.05, 0) is 51.3 Å². The van der Waals surface area contributed by atoms with E-state index in [-0.39, 0.29) is 5.91 Å². The SMILES string of the molecule is COc1cc(/C=N/NC(=O)c2ccccc2OCc2ccccc2)cc(Br)c1OC. The van der Waals surface area contributed by atoms with Crippen LogP contribution in [0.1, 0.15) is 21.5 Å². The zero-order valence-corrected chi connectivity index (χ0v) is 18.2. The second-order valence-corrected chi connectivity index (χ2v) is 7.06. The first kappa shape index (κ1) is 21.4. The van der Waals surface area contributed by atoms with Gasteiger partial charge in [-0.15, -0.1) is 0 Å². The maximum absolute atomic E-state index is 12.6. The summed E-state index contributed by atoms with van der Waals surface area (Å²) < 4.78 is 17.2. The molecule has 3 aromatic rings. The minimum atomic E-state index is -0.366. The monoisotopic (exact) mass is 468 g/mol. The molecule has 1 amide bonds. The van der Waals surface area contributed by atoms with Crippen molar-refractivity contribution in [2.24, 2.45) is 5.10 Å². The Labute approximate surface area is 183 Å². The van der Waals surface area contributed by atoms with Gasteiger partial charge in [-0.1, -0.05) is 42.5 Å². The third kappa shape index (κ3) is 5.39. The molecule has 30 heavy (non-hydrogen) atoms. The van der Waals surface area contributed by atoms with Gasteiger partial charge in [0.2, 0.25) is 0 Å². The lowest BCUT2D eigenvalue weighted by molar-refractivity contribution is 0.0950.